The third-order valence-electron chi connectivity index (χ3n) is 2.08. The first-order valence-corrected chi connectivity index (χ1v) is 4.83. The van der Waals surface area contributed by atoms with Crippen LogP contribution in [0.25, 0.3) is 10.9 Å². The van der Waals surface area contributed by atoms with Crippen molar-refractivity contribution >= 4 is 22.5 Å². The topological polar surface area (TPSA) is 25.8 Å². The van der Waals surface area contributed by atoms with Crippen molar-refractivity contribution in [3.63, 3.8) is 0 Å². The van der Waals surface area contributed by atoms with E-state index in [0.717, 1.165) is 6.07 Å². The van der Waals surface area contributed by atoms with Crippen LogP contribution in [-0.4, -0.2) is 9.97 Å². The number of hydrogen-bond acceptors (Lipinski definition) is 2. The van der Waals surface area contributed by atoms with Crippen LogP contribution in [0.1, 0.15) is 11.5 Å². The Balaban J connectivity index is 2.85. The quantitative estimate of drug-likeness (QED) is 0.702. The molecule has 0 amide bonds. The second-order valence-electron chi connectivity index (χ2n) is 3.14. The predicted molar refractivity (Wildman–Crippen MR) is 53.7 cm³/mol. The number of fused-ring (bicyclic) bond motifs is 1. The van der Waals surface area contributed by atoms with E-state index in [2.05, 4.69) is 9.97 Å². The van der Waals surface area contributed by atoms with Crippen LogP contribution in [0.5, 0.6) is 0 Å². The molecule has 0 aliphatic heterocycles. The van der Waals surface area contributed by atoms with Gasteiger partial charge in [-0.05, 0) is 13.0 Å². The molecule has 2 nitrogen and oxygen atoms in total. The second-order valence-corrected chi connectivity index (χ2v) is 3.41. The zero-order valence-corrected chi connectivity index (χ0v) is 8.65. The summed E-state index contributed by atoms with van der Waals surface area (Å²) in [7, 11) is 0. The van der Waals surface area contributed by atoms with Crippen molar-refractivity contribution in [2.75, 3.05) is 0 Å². The first kappa shape index (κ1) is 10.2. The van der Waals surface area contributed by atoms with Gasteiger partial charge in [0.25, 0.3) is 0 Å². The summed E-state index contributed by atoms with van der Waals surface area (Å²) >= 11 is 5.56. The lowest BCUT2D eigenvalue weighted by Crippen LogP contribution is -1.98. The minimum atomic E-state index is -0.693. The standard InChI is InChI=1S/C10H7ClF2N2/c1-5-7-2-6(12)3-8(13)10(7)15-9(4-11)14-5/h2-3H,4H2,1H3. The van der Waals surface area contributed by atoms with Crippen LogP contribution in [0.4, 0.5) is 8.78 Å². The normalized spacial score (nSPS) is 10.9. The second kappa shape index (κ2) is 3.70. The van der Waals surface area contributed by atoms with E-state index in [1.165, 1.54) is 6.07 Å². The minimum Gasteiger partial charge on any atom is -0.236 e. The molecule has 0 atom stereocenters. The van der Waals surface area contributed by atoms with Crippen molar-refractivity contribution in [1.29, 1.82) is 0 Å². The van der Waals surface area contributed by atoms with Gasteiger partial charge >= 0.3 is 0 Å². The summed E-state index contributed by atoms with van der Waals surface area (Å²) in [5.74, 6) is -0.882. The molecule has 0 aliphatic rings. The van der Waals surface area contributed by atoms with E-state index in [1.807, 2.05) is 0 Å². The van der Waals surface area contributed by atoms with Gasteiger partial charge in [0.15, 0.2) is 5.82 Å². The molecule has 1 aromatic heterocycles. The van der Waals surface area contributed by atoms with Gasteiger partial charge in [-0.15, -0.1) is 11.6 Å². The molecule has 15 heavy (non-hydrogen) atoms. The maximum absolute atomic E-state index is 13.4. The van der Waals surface area contributed by atoms with Crippen LogP contribution in [0.2, 0.25) is 0 Å². The van der Waals surface area contributed by atoms with Crippen molar-refractivity contribution in [3.8, 4) is 0 Å². The summed E-state index contributed by atoms with van der Waals surface area (Å²) in [5.41, 5.74) is 0.633. The summed E-state index contributed by atoms with van der Waals surface area (Å²) in [5, 5.41) is 0.376. The Bertz CT molecular complexity index is 528. The Hall–Kier alpha value is -1.29. The number of nitrogens with zero attached hydrogens (tertiary/aromatic N) is 2. The van der Waals surface area contributed by atoms with Crippen LogP contribution in [0, 0.1) is 18.6 Å². The molecule has 1 aromatic carbocycles. The highest BCUT2D eigenvalue weighted by Gasteiger charge is 2.10. The fourth-order valence-corrected chi connectivity index (χ4v) is 1.54. The van der Waals surface area contributed by atoms with Gasteiger partial charge in [0, 0.05) is 17.1 Å². The number of halogens is 3. The molecule has 0 spiro atoms. The van der Waals surface area contributed by atoms with E-state index >= 15 is 0 Å². The van der Waals surface area contributed by atoms with E-state index < -0.39 is 11.6 Å². The highest BCUT2D eigenvalue weighted by Crippen LogP contribution is 2.20. The van der Waals surface area contributed by atoms with Crippen LogP contribution in [-0.2, 0) is 5.88 Å². The number of aromatic nitrogens is 2. The third kappa shape index (κ3) is 1.77. The minimum absolute atomic E-state index is 0.105. The van der Waals surface area contributed by atoms with Crippen molar-refractivity contribution in [2.45, 2.75) is 12.8 Å². The van der Waals surface area contributed by atoms with Crippen LogP contribution in [0.15, 0.2) is 12.1 Å². The van der Waals surface area contributed by atoms with Gasteiger partial charge in [0.2, 0.25) is 0 Å². The van der Waals surface area contributed by atoms with Gasteiger partial charge in [-0.3, -0.25) is 0 Å². The number of rotatable bonds is 1. The highest BCUT2D eigenvalue weighted by atomic mass is 35.5. The highest BCUT2D eigenvalue weighted by molar-refractivity contribution is 6.16. The molecule has 0 bridgehead atoms. The Labute approximate surface area is 89.9 Å². The Morgan fingerprint density at radius 2 is 2.00 bits per heavy atom. The SMILES string of the molecule is Cc1nc(CCl)nc2c(F)cc(F)cc12. The molecule has 0 saturated carbocycles. The zero-order chi connectivity index (χ0) is 11.0. The maximum atomic E-state index is 13.4. The van der Waals surface area contributed by atoms with Gasteiger partial charge in [0.05, 0.1) is 5.88 Å². The lowest BCUT2D eigenvalue weighted by Gasteiger charge is -2.04. The molecule has 5 heteroatoms. The number of hydrogen-bond donors (Lipinski definition) is 0. The molecule has 0 N–H and O–H groups in total. The molecule has 1 heterocycles. The Morgan fingerprint density at radius 1 is 1.27 bits per heavy atom. The smallest absolute Gasteiger partial charge is 0.152 e. The van der Waals surface area contributed by atoms with E-state index in [4.69, 9.17) is 11.6 Å². The number of alkyl halides is 1. The lowest BCUT2D eigenvalue weighted by atomic mass is 10.2. The summed E-state index contributed by atoms with van der Waals surface area (Å²) in [6.45, 7) is 1.67. The van der Waals surface area contributed by atoms with Crippen molar-refractivity contribution in [1.82, 2.24) is 9.97 Å². The van der Waals surface area contributed by atoms with Gasteiger partial charge in [-0.25, -0.2) is 18.7 Å². The molecule has 0 aliphatic carbocycles. The van der Waals surface area contributed by atoms with Gasteiger partial charge in [-0.1, -0.05) is 0 Å². The fraction of sp³-hybridized carbons (Fsp3) is 0.200. The van der Waals surface area contributed by atoms with Crippen LogP contribution < -0.4 is 0 Å². The van der Waals surface area contributed by atoms with Crippen LogP contribution >= 0.6 is 11.6 Å². The first-order chi connectivity index (χ1) is 7.11. The molecule has 0 radical (unpaired) electrons. The largest absolute Gasteiger partial charge is 0.236 e. The van der Waals surface area contributed by atoms with Crippen molar-refractivity contribution in [3.05, 3.63) is 35.3 Å². The maximum Gasteiger partial charge on any atom is 0.152 e. The first-order valence-electron chi connectivity index (χ1n) is 4.30. The molecule has 2 aromatic rings. The third-order valence-corrected chi connectivity index (χ3v) is 2.31. The van der Waals surface area contributed by atoms with Crippen molar-refractivity contribution < 1.29 is 8.78 Å². The number of aryl methyl sites for hydroxylation is 1. The summed E-state index contributed by atoms with van der Waals surface area (Å²) in [4.78, 5) is 7.94. The molecule has 78 valence electrons. The Kier molecular flexibility index (Phi) is 2.52. The molecule has 0 fully saturated rings. The van der Waals surface area contributed by atoms with Gasteiger partial charge in [-0.2, -0.15) is 0 Å². The summed E-state index contributed by atoms with van der Waals surface area (Å²) < 4.78 is 26.3. The van der Waals surface area contributed by atoms with Crippen LogP contribution in [0.3, 0.4) is 0 Å². The van der Waals surface area contributed by atoms with E-state index in [-0.39, 0.29) is 11.4 Å². The average Bonchev–Trinajstić information content (AvgIpc) is 2.19. The number of benzene rings is 1. The van der Waals surface area contributed by atoms with Gasteiger partial charge < -0.3 is 0 Å². The van der Waals surface area contributed by atoms with Crippen molar-refractivity contribution in [2.24, 2.45) is 0 Å². The van der Waals surface area contributed by atoms with E-state index in [0.29, 0.717) is 16.9 Å². The van der Waals surface area contributed by atoms with E-state index in [9.17, 15) is 8.78 Å². The Morgan fingerprint density at radius 3 is 2.67 bits per heavy atom. The zero-order valence-electron chi connectivity index (χ0n) is 7.89. The molecular weight excluding hydrogens is 222 g/mol. The average molecular weight is 229 g/mol. The monoisotopic (exact) mass is 228 g/mol. The summed E-state index contributed by atoms with van der Waals surface area (Å²) in [6, 6.07) is 2.01. The predicted octanol–water partition coefficient (Wildman–Crippen LogP) is 2.96. The molecular formula is C10H7ClF2N2. The molecule has 0 saturated heterocycles. The van der Waals surface area contributed by atoms with E-state index in [1.54, 1.807) is 6.92 Å². The van der Waals surface area contributed by atoms with Gasteiger partial charge in [0.1, 0.15) is 17.2 Å². The molecule has 2 rings (SSSR count). The fourth-order valence-electron chi connectivity index (χ4n) is 1.42. The lowest BCUT2D eigenvalue weighted by molar-refractivity contribution is 0.589. The summed E-state index contributed by atoms with van der Waals surface area (Å²) in [6.07, 6.45) is 0. The molecule has 0 unspecified atom stereocenters.